The summed E-state index contributed by atoms with van der Waals surface area (Å²) in [6.45, 7) is 4.48. The van der Waals surface area contributed by atoms with Gasteiger partial charge in [0.1, 0.15) is 23.1 Å². The van der Waals surface area contributed by atoms with Crippen molar-refractivity contribution >= 4 is 10.0 Å². The SMILES string of the molecule is COc1cc(C)c(C)cc1S(=O)(=O)N1CCC(c2nnc(CO)n2C)CC1. The number of methoxy groups -OCH3 is 1. The topological polar surface area (TPSA) is 97.6 Å². The van der Waals surface area contributed by atoms with Crippen LogP contribution in [0.3, 0.4) is 0 Å². The molecule has 0 unspecified atom stereocenters. The lowest BCUT2D eigenvalue weighted by molar-refractivity contribution is 0.265. The van der Waals surface area contributed by atoms with Crippen LogP contribution >= 0.6 is 0 Å². The molecule has 8 nitrogen and oxygen atoms in total. The molecule has 0 atom stereocenters. The number of aliphatic hydroxyl groups is 1. The molecule has 1 aliphatic rings. The maximum Gasteiger partial charge on any atom is 0.246 e. The van der Waals surface area contributed by atoms with Crippen molar-refractivity contribution < 1.29 is 18.3 Å². The second-order valence-corrected chi connectivity index (χ2v) is 8.86. The number of benzene rings is 1. The van der Waals surface area contributed by atoms with Gasteiger partial charge < -0.3 is 14.4 Å². The van der Waals surface area contributed by atoms with E-state index in [1.54, 1.807) is 16.7 Å². The molecule has 0 radical (unpaired) electrons. The number of piperidine rings is 1. The van der Waals surface area contributed by atoms with Crippen molar-refractivity contribution in [3.63, 3.8) is 0 Å². The van der Waals surface area contributed by atoms with Crippen LogP contribution in [0.15, 0.2) is 17.0 Å². The minimum Gasteiger partial charge on any atom is -0.495 e. The molecule has 3 rings (SSSR count). The number of aliphatic hydroxyl groups excluding tert-OH is 1. The van der Waals surface area contributed by atoms with Crippen LogP contribution in [0.25, 0.3) is 0 Å². The molecule has 2 aromatic rings. The maximum absolute atomic E-state index is 13.2. The molecule has 1 aromatic carbocycles. The minimum atomic E-state index is -3.63. The van der Waals surface area contributed by atoms with E-state index in [9.17, 15) is 13.5 Å². The highest BCUT2D eigenvalue weighted by Gasteiger charge is 2.33. The van der Waals surface area contributed by atoms with E-state index < -0.39 is 10.0 Å². The molecule has 9 heteroatoms. The predicted octanol–water partition coefficient (Wildman–Crippen LogP) is 1.50. The Hall–Kier alpha value is -1.97. The lowest BCUT2D eigenvalue weighted by Crippen LogP contribution is -2.38. The third-order valence-electron chi connectivity index (χ3n) is 5.36. The fourth-order valence-electron chi connectivity index (χ4n) is 3.49. The van der Waals surface area contributed by atoms with E-state index in [-0.39, 0.29) is 17.4 Å². The fourth-order valence-corrected chi connectivity index (χ4v) is 5.18. The molecule has 1 aliphatic heterocycles. The third kappa shape index (κ3) is 3.59. The van der Waals surface area contributed by atoms with Gasteiger partial charge in [-0.2, -0.15) is 4.31 Å². The number of hydrogen-bond donors (Lipinski definition) is 1. The first-order valence-electron chi connectivity index (χ1n) is 8.94. The first-order chi connectivity index (χ1) is 12.8. The Labute approximate surface area is 159 Å². The van der Waals surface area contributed by atoms with E-state index in [0.717, 1.165) is 17.0 Å². The monoisotopic (exact) mass is 394 g/mol. The van der Waals surface area contributed by atoms with Crippen LogP contribution in [-0.4, -0.2) is 52.8 Å². The van der Waals surface area contributed by atoms with Gasteiger partial charge in [-0.1, -0.05) is 0 Å². The summed E-state index contributed by atoms with van der Waals surface area (Å²) in [4.78, 5) is 0.216. The largest absolute Gasteiger partial charge is 0.495 e. The lowest BCUT2D eigenvalue weighted by atomic mass is 9.97. The van der Waals surface area contributed by atoms with Gasteiger partial charge in [-0.25, -0.2) is 8.42 Å². The Bertz CT molecular complexity index is 931. The number of rotatable bonds is 5. The Morgan fingerprint density at radius 1 is 1.19 bits per heavy atom. The number of aromatic nitrogens is 3. The highest BCUT2D eigenvalue weighted by atomic mass is 32.2. The van der Waals surface area contributed by atoms with Gasteiger partial charge in [0.15, 0.2) is 5.82 Å². The summed E-state index contributed by atoms with van der Waals surface area (Å²) in [5.74, 6) is 1.80. The second-order valence-electron chi connectivity index (χ2n) is 6.96. The molecule has 0 saturated carbocycles. The van der Waals surface area contributed by atoms with Crippen LogP contribution < -0.4 is 4.74 Å². The Morgan fingerprint density at radius 2 is 1.81 bits per heavy atom. The van der Waals surface area contributed by atoms with Gasteiger partial charge in [0.25, 0.3) is 0 Å². The Morgan fingerprint density at radius 3 is 2.37 bits per heavy atom. The summed E-state index contributed by atoms with van der Waals surface area (Å²) in [7, 11) is -0.322. The summed E-state index contributed by atoms with van der Waals surface area (Å²) in [6.07, 6.45) is 1.31. The Kier molecular flexibility index (Phi) is 5.55. The summed E-state index contributed by atoms with van der Waals surface area (Å²) < 4.78 is 35.0. The predicted molar refractivity (Wildman–Crippen MR) is 100 cm³/mol. The van der Waals surface area contributed by atoms with Crippen molar-refractivity contribution in [1.29, 1.82) is 0 Å². The first-order valence-corrected chi connectivity index (χ1v) is 10.4. The fraction of sp³-hybridized carbons (Fsp3) is 0.556. The van der Waals surface area contributed by atoms with Gasteiger partial charge in [0.05, 0.1) is 7.11 Å². The minimum absolute atomic E-state index is 0.121. The normalized spacial score (nSPS) is 16.6. The highest BCUT2D eigenvalue weighted by molar-refractivity contribution is 7.89. The number of ether oxygens (including phenoxy) is 1. The molecule has 0 spiro atoms. The molecule has 0 bridgehead atoms. The average molecular weight is 394 g/mol. The third-order valence-corrected chi connectivity index (χ3v) is 7.28. The van der Waals surface area contributed by atoms with Crippen molar-refractivity contribution in [3.8, 4) is 5.75 Å². The molecule has 1 saturated heterocycles. The second kappa shape index (κ2) is 7.57. The number of nitrogens with zero attached hydrogens (tertiary/aromatic N) is 4. The van der Waals surface area contributed by atoms with Crippen molar-refractivity contribution in [1.82, 2.24) is 19.1 Å². The van der Waals surface area contributed by atoms with E-state index in [4.69, 9.17) is 4.74 Å². The average Bonchev–Trinajstić information content (AvgIpc) is 3.04. The van der Waals surface area contributed by atoms with E-state index in [1.807, 2.05) is 20.9 Å². The zero-order valence-electron chi connectivity index (χ0n) is 16.1. The molecule has 27 heavy (non-hydrogen) atoms. The molecule has 1 aromatic heterocycles. The first kappa shape index (κ1) is 19.8. The van der Waals surface area contributed by atoms with Crippen LogP contribution in [0.2, 0.25) is 0 Å². The van der Waals surface area contributed by atoms with E-state index in [2.05, 4.69) is 10.2 Å². The van der Waals surface area contributed by atoms with E-state index in [0.29, 0.717) is 37.5 Å². The van der Waals surface area contributed by atoms with Crippen molar-refractivity contribution in [2.45, 2.75) is 44.1 Å². The smallest absolute Gasteiger partial charge is 0.246 e. The highest BCUT2D eigenvalue weighted by Crippen LogP contribution is 2.34. The van der Waals surface area contributed by atoms with Gasteiger partial charge in [0, 0.05) is 26.1 Å². The molecule has 2 heterocycles. The van der Waals surface area contributed by atoms with Gasteiger partial charge in [-0.3, -0.25) is 0 Å². The molecule has 0 aliphatic carbocycles. The van der Waals surface area contributed by atoms with Gasteiger partial charge in [0.2, 0.25) is 10.0 Å². The number of aryl methyl sites for hydroxylation is 2. The summed E-state index contributed by atoms with van der Waals surface area (Å²) in [5, 5.41) is 17.4. The van der Waals surface area contributed by atoms with Gasteiger partial charge >= 0.3 is 0 Å². The van der Waals surface area contributed by atoms with Crippen molar-refractivity contribution in [2.24, 2.45) is 7.05 Å². The Balaban J connectivity index is 1.81. The summed E-state index contributed by atoms with van der Waals surface area (Å²) >= 11 is 0. The molecule has 148 valence electrons. The van der Waals surface area contributed by atoms with Crippen LogP contribution in [0.1, 0.15) is 41.5 Å². The molecular weight excluding hydrogens is 368 g/mol. The molecule has 0 amide bonds. The van der Waals surface area contributed by atoms with Crippen LogP contribution in [0, 0.1) is 13.8 Å². The van der Waals surface area contributed by atoms with Crippen molar-refractivity contribution in [3.05, 3.63) is 34.9 Å². The molecule has 1 N–H and O–H groups in total. The zero-order valence-corrected chi connectivity index (χ0v) is 17.0. The van der Waals surface area contributed by atoms with Gasteiger partial charge in [-0.05, 0) is 49.9 Å². The van der Waals surface area contributed by atoms with Crippen LogP contribution in [0.5, 0.6) is 5.75 Å². The molecule has 1 fully saturated rings. The van der Waals surface area contributed by atoms with Gasteiger partial charge in [-0.15, -0.1) is 10.2 Å². The van der Waals surface area contributed by atoms with E-state index in [1.165, 1.54) is 11.4 Å². The van der Waals surface area contributed by atoms with E-state index >= 15 is 0 Å². The zero-order chi connectivity index (χ0) is 19.8. The summed E-state index contributed by atoms with van der Waals surface area (Å²) in [5.41, 5.74) is 1.91. The standard InChI is InChI=1S/C18H26N4O4S/c1-12-9-15(26-4)16(10-13(12)2)27(24,25)22-7-5-14(6-8-22)18-20-19-17(11-23)21(18)3/h9-10,14,23H,5-8,11H2,1-4H3. The van der Waals surface area contributed by atoms with Crippen molar-refractivity contribution in [2.75, 3.05) is 20.2 Å². The lowest BCUT2D eigenvalue weighted by Gasteiger charge is -2.31. The number of hydrogen-bond acceptors (Lipinski definition) is 6. The van der Waals surface area contributed by atoms with Crippen LogP contribution in [0.4, 0.5) is 0 Å². The summed E-state index contributed by atoms with van der Waals surface area (Å²) in [6, 6.07) is 3.46. The quantitative estimate of drug-likeness (QED) is 0.825. The maximum atomic E-state index is 13.2. The van der Waals surface area contributed by atoms with Crippen LogP contribution in [-0.2, 0) is 23.7 Å². The number of sulfonamides is 1. The molecular formula is C18H26N4O4S.